The summed E-state index contributed by atoms with van der Waals surface area (Å²) in [7, 11) is 0. The zero-order valence-corrected chi connectivity index (χ0v) is 17.2. The highest BCUT2D eigenvalue weighted by Crippen LogP contribution is 2.33. The third kappa shape index (κ3) is 3.12. The van der Waals surface area contributed by atoms with E-state index in [1.54, 1.807) is 19.3 Å². The minimum absolute atomic E-state index is 0.497. The average Bonchev–Trinajstić information content (AvgIpc) is 3.41. The number of hydrogen-bond acceptors (Lipinski definition) is 4. The third-order valence-electron chi connectivity index (χ3n) is 5.68. The van der Waals surface area contributed by atoms with Gasteiger partial charge in [-0.1, -0.05) is 6.07 Å². The minimum Gasteiger partial charge on any atom is -0.346 e. The van der Waals surface area contributed by atoms with E-state index in [-0.39, 0.29) is 0 Å². The Hall–Kier alpha value is -4.27. The molecule has 0 unspecified atom stereocenters. The molecule has 1 aromatic carbocycles. The zero-order valence-electron chi connectivity index (χ0n) is 17.2. The van der Waals surface area contributed by atoms with Crippen LogP contribution in [0.1, 0.15) is 11.5 Å². The number of H-pyrrole nitrogens is 1. The van der Waals surface area contributed by atoms with Gasteiger partial charge in [0.05, 0.1) is 29.1 Å². The van der Waals surface area contributed by atoms with E-state index in [1.165, 1.54) is 12.3 Å². The molecule has 6 aromatic rings. The summed E-state index contributed by atoms with van der Waals surface area (Å²) >= 11 is 0. The maximum Gasteiger partial charge on any atom is 0.433 e. The van der Waals surface area contributed by atoms with Crippen molar-refractivity contribution in [2.24, 2.45) is 0 Å². The number of fused-ring (bicyclic) bond motifs is 4. The number of aryl methyl sites for hydroxylation is 1. The van der Waals surface area contributed by atoms with Crippen molar-refractivity contribution in [2.75, 3.05) is 0 Å². The van der Waals surface area contributed by atoms with Crippen LogP contribution in [0.2, 0.25) is 0 Å². The number of nitrogens with zero attached hydrogens (tertiary/aromatic N) is 5. The van der Waals surface area contributed by atoms with Crippen molar-refractivity contribution in [3.8, 4) is 16.8 Å². The van der Waals surface area contributed by atoms with Crippen molar-refractivity contribution < 1.29 is 13.2 Å². The maximum absolute atomic E-state index is 13.0. The van der Waals surface area contributed by atoms with Gasteiger partial charge in [-0.2, -0.15) is 13.2 Å². The molecular formula is C24H15F3N6. The summed E-state index contributed by atoms with van der Waals surface area (Å²) in [5.74, 6) is 0.627. The smallest absolute Gasteiger partial charge is 0.346 e. The Bertz CT molecular complexity index is 1660. The van der Waals surface area contributed by atoms with Crippen LogP contribution in [0, 0.1) is 6.92 Å². The predicted molar refractivity (Wildman–Crippen MR) is 119 cm³/mol. The lowest BCUT2D eigenvalue weighted by Gasteiger charge is -2.11. The first-order valence-corrected chi connectivity index (χ1v) is 10.1. The number of imidazole rings is 1. The third-order valence-corrected chi connectivity index (χ3v) is 5.68. The lowest BCUT2D eigenvalue weighted by Crippen LogP contribution is -2.08. The molecule has 0 fully saturated rings. The fourth-order valence-electron chi connectivity index (χ4n) is 4.15. The molecule has 0 bridgehead atoms. The number of aromatic nitrogens is 6. The number of benzene rings is 1. The molecule has 0 aliphatic carbocycles. The van der Waals surface area contributed by atoms with Crippen molar-refractivity contribution in [2.45, 2.75) is 13.1 Å². The summed E-state index contributed by atoms with van der Waals surface area (Å²) in [6, 6.07) is 12.3. The molecule has 0 atom stereocenters. The molecule has 6 nitrogen and oxygen atoms in total. The monoisotopic (exact) mass is 444 g/mol. The highest BCUT2D eigenvalue weighted by atomic mass is 19.4. The molecule has 9 heteroatoms. The SMILES string of the molecule is Cc1nc2cnc3ccc(-c4cnc5[nH]ccc5c4)cc3c2n1-c1ccc(C(F)(F)F)nc1. The van der Waals surface area contributed by atoms with Gasteiger partial charge in [0.2, 0.25) is 0 Å². The summed E-state index contributed by atoms with van der Waals surface area (Å²) < 4.78 is 40.8. The molecule has 0 radical (unpaired) electrons. The van der Waals surface area contributed by atoms with Crippen LogP contribution < -0.4 is 0 Å². The Balaban J connectivity index is 1.57. The quantitative estimate of drug-likeness (QED) is 0.364. The molecule has 6 rings (SSSR count). The molecule has 5 aromatic heterocycles. The normalized spacial score (nSPS) is 12.2. The van der Waals surface area contributed by atoms with Crippen LogP contribution in [0.25, 0.3) is 49.8 Å². The van der Waals surface area contributed by atoms with Gasteiger partial charge in [0.25, 0.3) is 0 Å². The molecular weight excluding hydrogens is 429 g/mol. The van der Waals surface area contributed by atoms with E-state index in [1.807, 2.05) is 35.0 Å². The van der Waals surface area contributed by atoms with Crippen LogP contribution in [-0.4, -0.2) is 29.5 Å². The van der Waals surface area contributed by atoms with E-state index in [0.717, 1.165) is 44.6 Å². The van der Waals surface area contributed by atoms with Crippen LogP contribution >= 0.6 is 0 Å². The van der Waals surface area contributed by atoms with Gasteiger partial charge in [0.1, 0.15) is 22.7 Å². The molecule has 0 spiro atoms. The molecule has 33 heavy (non-hydrogen) atoms. The van der Waals surface area contributed by atoms with Gasteiger partial charge in [-0.05, 0) is 48.9 Å². The van der Waals surface area contributed by atoms with Crippen LogP contribution in [0.5, 0.6) is 0 Å². The van der Waals surface area contributed by atoms with Crippen LogP contribution in [0.15, 0.2) is 67.3 Å². The summed E-state index contributed by atoms with van der Waals surface area (Å²) in [5.41, 5.74) is 4.43. The van der Waals surface area contributed by atoms with Crippen LogP contribution in [-0.2, 0) is 6.18 Å². The number of aromatic amines is 1. The van der Waals surface area contributed by atoms with E-state index in [0.29, 0.717) is 17.0 Å². The molecule has 5 heterocycles. The Labute approximate surface area is 184 Å². The van der Waals surface area contributed by atoms with E-state index in [2.05, 4.69) is 31.0 Å². The first-order chi connectivity index (χ1) is 15.9. The Kier molecular flexibility index (Phi) is 4.04. The topological polar surface area (TPSA) is 72.3 Å². The predicted octanol–water partition coefficient (Wildman–Crippen LogP) is 5.84. The number of halogens is 3. The van der Waals surface area contributed by atoms with Crippen molar-refractivity contribution in [1.82, 2.24) is 29.5 Å². The molecule has 1 N–H and O–H groups in total. The summed E-state index contributed by atoms with van der Waals surface area (Å²) in [5, 5.41) is 1.83. The molecule has 0 saturated heterocycles. The summed E-state index contributed by atoms with van der Waals surface area (Å²) in [6.45, 7) is 1.80. The number of nitrogens with one attached hydrogen (secondary N) is 1. The fraction of sp³-hybridized carbons (Fsp3) is 0.0833. The van der Waals surface area contributed by atoms with Gasteiger partial charge in [0, 0.05) is 28.7 Å². The van der Waals surface area contributed by atoms with Crippen molar-refractivity contribution >= 4 is 33.0 Å². The second kappa shape index (κ2) is 6.86. The summed E-state index contributed by atoms with van der Waals surface area (Å²) in [4.78, 5) is 20.3. The van der Waals surface area contributed by atoms with Gasteiger partial charge in [0.15, 0.2) is 0 Å². The van der Waals surface area contributed by atoms with E-state index >= 15 is 0 Å². The summed E-state index contributed by atoms with van der Waals surface area (Å²) in [6.07, 6.45) is 2.04. The minimum atomic E-state index is -4.50. The number of pyridine rings is 3. The zero-order chi connectivity index (χ0) is 22.7. The highest BCUT2D eigenvalue weighted by Gasteiger charge is 2.32. The largest absolute Gasteiger partial charge is 0.433 e. The molecule has 162 valence electrons. The van der Waals surface area contributed by atoms with Gasteiger partial charge in [-0.15, -0.1) is 0 Å². The number of rotatable bonds is 2. The van der Waals surface area contributed by atoms with Crippen molar-refractivity contribution in [3.63, 3.8) is 0 Å². The number of hydrogen-bond donors (Lipinski definition) is 1. The highest BCUT2D eigenvalue weighted by molar-refractivity contribution is 6.04. The van der Waals surface area contributed by atoms with Gasteiger partial charge < -0.3 is 4.98 Å². The van der Waals surface area contributed by atoms with Crippen molar-refractivity contribution in [3.05, 3.63) is 78.8 Å². The first-order valence-electron chi connectivity index (χ1n) is 10.1. The van der Waals surface area contributed by atoms with Crippen molar-refractivity contribution in [1.29, 1.82) is 0 Å². The van der Waals surface area contributed by atoms with E-state index in [9.17, 15) is 13.2 Å². The lowest BCUT2D eigenvalue weighted by molar-refractivity contribution is -0.141. The standard InChI is InChI=1S/C24H15F3N6/c1-13-32-20-12-29-19-4-2-14(16-8-15-6-7-28-23(15)31-10-16)9-18(19)22(20)33(13)17-3-5-21(30-11-17)24(25,26)27/h2-12H,1H3,(H,28,31). The molecule has 0 aliphatic rings. The second-order valence-corrected chi connectivity index (χ2v) is 7.76. The van der Waals surface area contributed by atoms with Gasteiger partial charge in [-0.3, -0.25) is 9.55 Å². The van der Waals surface area contributed by atoms with E-state index in [4.69, 9.17) is 0 Å². The second-order valence-electron chi connectivity index (χ2n) is 7.76. The van der Waals surface area contributed by atoms with Crippen LogP contribution in [0.3, 0.4) is 0 Å². The van der Waals surface area contributed by atoms with Gasteiger partial charge >= 0.3 is 6.18 Å². The van der Waals surface area contributed by atoms with Crippen LogP contribution in [0.4, 0.5) is 13.2 Å². The molecule has 0 saturated carbocycles. The molecule has 0 aliphatic heterocycles. The first kappa shape index (κ1) is 19.4. The maximum atomic E-state index is 13.0. The lowest BCUT2D eigenvalue weighted by atomic mass is 10.0. The molecule has 0 amide bonds. The Morgan fingerprint density at radius 2 is 1.73 bits per heavy atom. The van der Waals surface area contributed by atoms with Gasteiger partial charge in [-0.25, -0.2) is 15.0 Å². The van der Waals surface area contributed by atoms with E-state index < -0.39 is 11.9 Å². The Morgan fingerprint density at radius 1 is 0.848 bits per heavy atom. The average molecular weight is 444 g/mol. The number of alkyl halides is 3. The Morgan fingerprint density at radius 3 is 2.52 bits per heavy atom. The fourth-order valence-corrected chi connectivity index (χ4v) is 4.15.